The number of hydrogen-bond donors (Lipinski definition) is 0. The third-order valence-electron chi connectivity index (χ3n) is 2.55. The third kappa shape index (κ3) is 3.30. The molecule has 0 aliphatic heterocycles. The van der Waals surface area contributed by atoms with Gasteiger partial charge in [-0.3, -0.25) is 0 Å². The lowest BCUT2D eigenvalue weighted by atomic mass is 10.1. The van der Waals surface area contributed by atoms with Crippen LogP contribution in [-0.4, -0.2) is 0 Å². The second kappa shape index (κ2) is 6.02. The molecule has 1 radical (unpaired) electrons. The van der Waals surface area contributed by atoms with Crippen LogP contribution in [0.2, 0.25) is 0 Å². The van der Waals surface area contributed by atoms with Crippen molar-refractivity contribution in [1.82, 2.24) is 0 Å². The molecule has 17 heavy (non-hydrogen) atoms. The van der Waals surface area contributed by atoms with Gasteiger partial charge in [-0.1, -0.05) is 61.2 Å². The van der Waals surface area contributed by atoms with Gasteiger partial charge in [0, 0.05) is 0 Å². The van der Waals surface area contributed by atoms with Crippen molar-refractivity contribution in [3.63, 3.8) is 0 Å². The van der Waals surface area contributed by atoms with Crippen LogP contribution in [0.1, 0.15) is 16.7 Å². The Labute approximate surface area is 102 Å². The summed E-state index contributed by atoms with van der Waals surface area (Å²) in [5.74, 6) is 0. The quantitative estimate of drug-likeness (QED) is 0.748. The Hall–Kier alpha value is -1.86. The maximum Gasteiger partial charge on any atom is 0.0727 e. The molecule has 1 heteroatoms. The summed E-state index contributed by atoms with van der Waals surface area (Å²) in [6.07, 6.45) is 1.81. The molecule has 0 aliphatic carbocycles. The molecule has 0 atom stereocenters. The van der Waals surface area contributed by atoms with Crippen LogP contribution in [0.5, 0.6) is 0 Å². The zero-order chi connectivity index (χ0) is 11.9. The SMILES string of the molecule is C=Cc1[c]cccc1COCc1ccccc1. The van der Waals surface area contributed by atoms with Gasteiger partial charge < -0.3 is 4.74 Å². The first-order chi connectivity index (χ1) is 8.40. The van der Waals surface area contributed by atoms with Crippen LogP contribution < -0.4 is 0 Å². The molecule has 2 aromatic rings. The van der Waals surface area contributed by atoms with Crippen molar-refractivity contribution in [3.05, 3.63) is 77.9 Å². The van der Waals surface area contributed by atoms with Gasteiger partial charge in [0.2, 0.25) is 0 Å². The normalized spacial score (nSPS) is 10.1. The Morgan fingerprint density at radius 1 is 1.06 bits per heavy atom. The van der Waals surface area contributed by atoms with Gasteiger partial charge in [-0.15, -0.1) is 0 Å². The molecule has 2 rings (SSSR count). The minimum absolute atomic E-state index is 0.591. The van der Waals surface area contributed by atoms with Crippen LogP contribution in [0.3, 0.4) is 0 Å². The highest BCUT2D eigenvalue weighted by atomic mass is 16.5. The molecule has 0 bridgehead atoms. The van der Waals surface area contributed by atoms with Gasteiger partial charge in [0.15, 0.2) is 0 Å². The van der Waals surface area contributed by atoms with E-state index >= 15 is 0 Å². The lowest BCUT2D eigenvalue weighted by molar-refractivity contribution is 0.107. The van der Waals surface area contributed by atoms with E-state index in [4.69, 9.17) is 4.74 Å². The van der Waals surface area contributed by atoms with Crippen molar-refractivity contribution in [2.24, 2.45) is 0 Å². The van der Waals surface area contributed by atoms with Crippen molar-refractivity contribution in [2.75, 3.05) is 0 Å². The van der Waals surface area contributed by atoms with Crippen LogP contribution >= 0.6 is 0 Å². The first-order valence-electron chi connectivity index (χ1n) is 5.64. The molecule has 85 valence electrons. The largest absolute Gasteiger partial charge is 0.372 e. The van der Waals surface area contributed by atoms with E-state index in [9.17, 15) is 0 Å². The lowest BCUT2D eigenvalue weighted by Crippen LogP contribution is -1.96. The van der Waals surface area contributed by atoms with Crippen molar-refractivity contribution >= 4 is 6.08 Å². The molecule has 2 aromatic carbocycles. The van der Waals surface area contributed by atoms with Gasteiger partial charge in [0.05, 0.1) is 13.2 Å². The van der Waals surface area contributed by atoms with Crippen LogP contribution in [0, 0.1) is 6.07 Å². The summed E-state index contributed by atoms with van der Waals surface area (Å²) < 4.78 is 5.68. The van der Waals surface area contributed by atoms with Crippen molar-refractivity contribution in [3.8, 4) is 0 Å². The molecule has 0 spiro atoms. The minimum atomic E-state index is 0.591. The molecule has 0 heterocycles. The Bertz CT molecular complexity index is 474. The van der Waals surface area contributed by atoms with Crippen LogP contribution in [0.4, 0.5) is 0 Å². The maximum atomic E-state index is 5.68. The fourth-order valence-corrected chi connectivity index (χ4v) is 1.65. The zero-order valence-corrected chi connectivity index (χ0v) is 9.73. The van der Waals surface area contributed by atoms with Gasteiger partial charge in [0.25, 0.3) is 0 Å². The highest BCUT2D eigenvalue weighted by Crippen LogP contribution is 2.11. The highest BCUT2D eigenvalue weighted by molar-refractivity contribution is 5.50. The van der Waals surface area contributed by atoms with E-state index in [2.05, 4.69) is 24.8 Å². The monoisotopic (exact) mass is 223 g/mol. The first kappa shape index (κ1) is 11.6. The maximum absolute atomic E-state index is 5.68. The van der Waals surface area contributed by atoms with Gasteiger partial charge >= 0.3 is 0 Å². The van der Waals surface area contributed by atoms with Crippen molar-refractivity contribution in [1.29, 1.82) is 0 Å². The predicted octanol–water partition coefficient (Wildman–Crippen LogP) is 3.85. The van der Waals surface area contributed by atoms with E-state index in [1.165, 1.54) is 5.56 Å². The van der Waals surface area contributed by atoms with Crippen molar-refractivity contribution < 1.29 is 4.74 Å². The van der Waals surface area contributed by atoms with Gasteiger partial charge in [-0.25, -0.2) is 0 Å². The number of rotatable bonds is 5. The average Bonchev–Trinajstić information content (AvgIpc) is 2.40. The number of ether oxygens (including phenoxy) is 1. The minimum Gasteiger partial charge on any atom is -0.372 e. The summed E-state index contributed by atoms with van der Waals surface area (Å²) >= 11 is 0. The molecule has 0 saturated heterocycles. The second-order valence-corrected chi connectivity index (χ2v) is 3.79. The summed E-state index contributed by atoms with van der Waals surface area (Å²) in [7, 11) is 0. The summed E-state index contributed by atoms with van der Waals surface area (Å²) in [5.41, 5.74) is 3.33. The Morgan fingerprint density at radius 2 is 1.88 bits per heavy atom. The number of benzene rings is 2. The van der Waals surface area contributed by atoms with Crippen LogP contribution in [-0.2, 0) is 18.0 Å². The summed E-state index contributed by atoms with van der Waals surface area (Å²) in [6.45, 7) is 4.99. The highest BCUT2D eigenvalue weighted by Gasteiger charge is 1.99. The van der Waals surface area contributed by atoms with Gasteiger partial charge in [-0.05, 0) is 22.8 Å². The molecule has 0 unspecified atom stereocenters. The molecule has 0 N–H and O–H groups in total. The van der Waals surface area contributed by atoms with E-state index in [-0.39, 0.29) is 0 Å². The fourth-order valence-electron chi connectivity index (χ4n) is 1.65. The summed E-state index contributed by atoms with van der Waals surface area (Å²) in [6, 6.07) is 19.2. The van der Waals surface area contributed by atoms with E-state index in [1.54, 1.807) is 6.08 Å². The van der Waals surface area contributed by atoms with Crippen LogP contribution in [0.25, 0.3) is 6.08 Å². The zero-order valence-electron chi connectivity index (χ0n) is 9.73. The van der Waals surface area contributed by atoms with E-state index < -0.39 is 0 Å². The Morgan fingerprint density at radius 3 is 2.65 bits per heavy atom. The fraction of sp³-hybridized carbons (Fsp3) is 0.125. The molecule has 0 aliphatic rings. The molecule has 0 fully saturated rings. The van der Waals surface area contributed by atoms with Gasteiger partial charge in [-0.2, -0.15) is 0 Å². The smallest absolute Gasteiger partial charge is 0.0727 e. The summed E-state index contributed by atoms with van der Waals surface area (Å²) in [4.78, 5) is 0. The first-order valence-corrected chi connectivity index (χ1v) is 5.64. The Kier molecular flexibility index (Phi) is 4.11. The van der Waals surface area contributed by atoms with Crippen LogP contribution in [0.15, 0.2) is 55.1 Å². The topological polar surface area (TPSA) is 9.23 Å². The molecular formula is C16H15O. The van der Waals surface area contributed by atoms with E-state index in [1.807, 2.05) is 36.4 Å². The second-order valence-electron chi connectivity index (χ2n) is 3.79. The standard InChI is InChI=1S/C16H15O/c1-2-15-10-6-7-11-16(15)13-17-12-14-8-4-3-5-9-14/h2-9,11H,1,12-13H2. The van der Waals surface area contributed by atoms with Crippen molar-refractivity contribution in [2.45, 2.75) is 13.2 Å². The third-order valence-corrected chi connectivity index (χ3v) is 2.55. The lowest BCUT2D eigenvalue weighted by Gasteiger charge is -2.07. The van der Waals surface area contributed by atoms with E-state index in [0.29, 0.717) is 13.2 Å². The predicted molar refractivity (Wildman–Crippen MR) is 70.3 cm³/mol. The number of hydrogen-bond acceptors (Lipinski definition) is 1. The van der Waals surface area contributed by atoms with Gasteiger partial charge in [0.1, 0.15) is 0 Å². The average molecular weight is 223 g/mol. The summed E-state index contributed by atoms with van der Waals surface area (Å²) in [5, 5.41) is 0. The molecule has 0 aromatic heterocycles. The molecule has 0 saturated carbocycles. The van der Waals surface area contributed by atoms with E-state index in [0.717, 1.165) is 11.1 Å². The molecule has 1 nitrogen and oxygen atoms in total. The Balaban J connectivity index is 1.92. The molecule has 0 amide bonds. The molecular weight excluding hydrogens is 208 g/mol.